The monoisotopic (exact) mass is 468 g/mol. The van der Waals surface area contributed by atoms with Gasteiger partial charge in [0.25, 0.3) is 0 Å². The second kappa shape index (κ2) is 8.39. The fourth-order valence-electron chi connectivity index (χ4n) is 4.84. The molecule has 6 rings (SSSR count). The van der Waals surface area contributed by atoms with Crippen molar-refractivity contribution in [1.29, 1.82) is 0 Å². The van der Waals surface area contributed by atoms with Gasteiger partial charge in [0.2, 0.25) is 5.95 Å². The molecule has 0 spiro atoms. The van der Waals surface area contributed by atoms with Crippen LogP contribution < -0.4 is 24.3 Å². The van der Waals surface area contributed by atoms with Crippen LogP contribution in [0.15, 0.2) is 78.6 Å². The number of hydrogen-bond acceptors (Lipinski definition) is 7. The van der Waals surface area contributed by atoms with Gasteiger partial charge in [-0.05, 0) is 42.0 Å². The van der Waals surface area contributed by atoms with Crippen molar-refractivity contribution in [2.45, 2.75) is 12.1 Å². The van der Waals surface area contributed by atoms with Crippen LogP contribution in [-0.2, 0) is 0 Å². The van der Waals surface area contributed by atoms with Crippen LogP contribution in [0.25, 0.3) is 5.70 Å². The minimum atomic E-state index is -0.416. The minimum absolute atomic E-state index is 0.273. The predicted octanol–water partition coefficient (Wildman–Crippen LogP) is 4.86. The Kier molecular flexibility index (Phi) is 5.06. The molecule has 8 heteroatoms. The maximum Gasteiger partial charge on any atom is 0.226 e. The van der Waals surface area contributed by atoms with E-state index in [1.54, 1.807) is 27.7 Å². The van der Waals surface area contributed by atoms with E-state index in [-0.39, 0.29) is 6.04 Å². The average Bonchev–Trinajstić information content (AvgIpc) is 3.39. The molecule has 3 aromatic carbocycles. The summed E-state index contributed by atoms with van der Waals surface area (Å²) >= 11 is 0. The molecule has 176 valence electrons. The first-order valence-electron chi connectivity index (χ1n) is 11.2. The lowest BCUT2D eigenvalue weighted by atomic mass is 9.84. The number of nitrogens with zero attached hydrogens (tertiary/aromatic N) is 3. The predicted molar refractivity (Wildman–Crippen MR) is 131 cm³/mol. The maximum atomic E-state index is 6.67. The van der Waals surface area contributed by atoms with Crippen LogP contribution in [-0.4, -0.2) is 36.1 Å². The second-order valence-corrected chi connectivity index (χ2v) is 8.27. The van der Waals surface area contributed by atoms with Crippen LogP contribution in [0.5, 0.6) is 23.0 Å². The Balaban J connectivity index is 1.60. The van der Waals surface area contributed by atoms with Gasteiger partial charge in [0.1, 0.15) is 30.0 Å². The molecule has 35 heavy (non-hydrogen) atoms. The molecule has 1 N–H and O–H groups in total. The van der Waals surface area contributed by atoms with Crippen LogP contribution in [0.4, 0.5) is 5.95 Å². The fourth-order valence-corrected chi connectivity index (χ4v) is 4.84. The lowest BCUT2D eigenvalue weighted by Crippen LogP contribution is -2.32. The maximum absolute atomic E-state index is 6.67. The first kappa shape index (κ1) is 21.1. The van der Waals surface area contributed by atoms with Gasteiger partial charge in [-0.2, -0.15) is 10.1 Å². The first-order valence-corrected chi connectivity index (χ1v) is 11.2. The Bertz CT molecular complexity index is 1440. The molecule has 0 saturated carbocycles. The fraction of sp³-hybridized carbons (Fsp3) is 0.185. The number of ether oxygens (including phenoxy) is 4. The highest BCUT2D eigenvalue weighted by Crippen LogP contribution is 2.51. The minimum Gasteiger partial charge on any atom is -0.497 e. The molecular weight excluding hydrogens is 444 g/mol. The lowest BCUT2D eigenvalue weighted by molar-refractivity contribution is 0.222. The van der Waals surface area contributed by atoms with Crippen LogP contribution in [0.2, 0.25) is 0 Å². The molecule has 8 nitrogen and oxygen atoms in total. The number of para-hydroxylation sites is 1. The number of hydrogen-bond donors (Lipinski definition) is 1. The van der Waals surface area contributed by atoms with Crippen LogP contribution >= 0.6 is 0 Å². The van der Waals surface area contributed by atoms with Crippen LogP contribution in [0.1, 0.15) is 28.8 Å². The third-order valence-corrected chi connectivity index (χ3v) is 6.44. The standard InChI is InChI=1S/C27H24N4O4/c1-32-18-8-6-7-16(13-18)25-23-24(30-27-28-15-29-31(25)27)19-9-4-5-10-20(19)35-26(23)17-11-12-21(33-2)22(14-17)34-3/h4-15,25-26H,1-3H3,(H,28,29,30)/t25-,26+/m0/s1. The number of rotatable bonds is 5. The first-order chi connectivity index (χ1) is 17.2. The topological polar surface area (TPSA) is 79.7 Å². The Morgan fingerprint density at radius 1 is 0.857 bits per heavy atom. The van der Waals surface area contributed by atoms with E-state index in [0.29, 0.717) is 17.4 Å². The van der Waals surface area contributed by atoms with Gasteiger partial charge in [-0.15, -0.1) is 0 Å². The third kappa shape index (κ3) is 3.37. The average molecular weight is 469 g/mol. The molecule has 0 radical (unpaired) electrons. The highest BCUT2D eigenvalue weighted by atomic mass is 16.5. The largest absolute Gasteiger partial charge is 0.497 e. The van der Waals surface area contributed by atoms with Crippen molar-refractivity contribution in [2.75, 3.05) is 26.6 Å². The van der Waals surface area contributed by atoms with Crippen molar-refractivity contribution >= 4 is 11.6 Å². The van der Waals surface area contributed by atoms with Crippen molar-refractivity contribution < 1.29 is 18.9 Å². The Hall–Kier alpha value is -4.46. The number of nitrogens with one attached hydrogen (secondary N) is 1. The number of anilines is 1. The van der Waals surface area contributed by atoms with Crippen molar-refractivity contribution in [3.05, 3.63) is 95.3 Å². The Morgan fingerprint density at radius 3 is 2.54 bits per heavy atom. The zero-order chi connectivity index (χ0) is 23.9. The summed E-state index contributed by atoms with van der Waals surface area (Å²) in [5.41, 5.74) is 4.89. The van der Waals surface area contributed by atoms with E-state index in [0.717, 1.165) is 39.5 Å². The number of aromatic nitrogens is 3. The number of fused-ring (bicyclic) bond motifs is 3. The molecule has 0 amide bonds. The quantitative estimate of drug-likeness (QED) is 0.448. The summed E-state index contributed by atoms with van der Waals surface area (Å²) in [5, 5.41) is 8.09. The summed E-state index contributed by atoms with van der Waals surface area (Å²) < 4.78 is 25.2. The van der Waals surface area contributed by atoms with Gasteiger partial charge < -0.3 is 24.3 Å². The van der Waals surface area contributed by atoms with E-state index in [1.807, 2.05) is 59.3 Å². The summed E-state index contributed by atoms with van der Waals surface area (Å²) in [4.78, 5) is 4.48. The van der Waals surface area contributed by atoms with Crippen molar-refractivity contribution in [1.82, 2.24) is 14.8 Å². The van der Waals surface area contributed by atoms with Gasteiger partial charge in [0, 0.05) is 16.7 Å². The molecule has 2 atom stereocenters. The van der Waals surface area contributed by atoms with Gasteiger partial charge in [-0.1, -0.05) is 30.3 Å². The molecule has 1 aromatic heterocycles. The van der Waals surface area contributed by atoms with E-state index in [4.69, 9.17) is 18.9 Å². The zero-order valence-corrected chi connectivity index (χ0v) is 19.6. The van der Waals surface area contributed by atoms with Gasteiger partial charge in [-0.25, -0.2) is 4.68 Å². The molecule has 3 heterocycles. The molecule has 0 aliphatic carbocycles. The van der Waals surface area contributed by atoms with Crippen molar-refractivity contribution in [3.8, 4) is 23.0 Å². The van der Waals surface area contributed by atoms with E-state index >= 15 is 0 Å². The van der Waals surface area contributed by atoms with Crippen LogP contribution in [0, 0.1) is 0 Å². The number of methoxy groups -OCH3 is 3. The highest BCUT2D eigenvalue weighted by Gasteiger charge is 2.41. The normalized spacial score (nSPS) is 17.9. The Morgan fingerprint density at radius 2 is 1.71 bits per heavy atom. The summed E-state index contributed by atoms with van der Waals surface area (Å²) in [6, 6.07) is 21.6. The summed E-state index contributed by atoms with van der Waals surface area (Å²) in [5.74, 6) is 3.52. The van der Waals surface area contributed by atoms with Gasteiger partial charge in [0.15, 0.2) is 11.5 Å². The molecular formula is C27H24N4O4. The van der Waals surface area contributed by atoms with E-state index in [1.165, 1.54) is 0 Å². The summed E-state index contributed by atoms with van der Waals surface area (Å²) in [6.07, 6.45) is 1.15. The second-order valence-electron chi connectivity index (χ2n) is 8.27. The molecule has 0 unspecified atom stereocenters. The molecule has 0 saturated heterocycles. The molecule has 0 fully saturated rings. The van der Waals surface area contributed by atoms with Crippen molar-refractivity contribution in [2.24, 2.45) is 0 Å². The smallest absolute Gasteiger partial charge is 0.226 e. The van der Waals surface area contributed by atoms with Gasteiger partial charge >= 0.3 is 0 Å². The van der Waals surface area contributed by atoms with Crippen molar-refractivity contribution in [3.63, 3.8) is 0 Å². The molecule has 2 aliphatic heterocycles. The van der Waals surface area contributed by atoms with E-state index < -0.39 is 6.10 Å². The van der Waals surface area contributed by atoms with Crippen LogP contribution in [0.3, 0.4) is 0 Å². The molecule has 0 bridgehead atoms. The lowest BCUT2D eigenvalue weighted by Gasteiger charge is -2.39. The van der Waals surface area contributed by atoms with E-state index in [2.05, 4.69) is 27.5 Å². The number of benzene rings is 3. The third-order valence-electron chi connectivity index (χ3n) is 6.44. The highest BCUT2D eigenvalue weighted by molar-refractivity contribution is 5.85. The van der Waals surface area contributed by atoms with E-state index in [9.17, 15) is 0 Å². The summed E-state index contributed by atoms with van der Waals surface area (Å²) in [7, 11) is 4.92. The van der Waals surface area contributed by atoms with Gasteiger partial charge in [-0.3, -0.25) is 0 Å². The molecule has 2 aliphatic rings. The van der Waals surface area contributed by atoms with Gasteiger partial charge in [0.05, 0.1) is 27.0 Å². The summed E-state index contributed by atoms with van der Waals surface area (Å²) in [6.45, 7) is 0. The molecule has 4 aromatic rings. The Labute approximate surface area is 202 Å². The zero-order valence-electron chi connectivity index (χ0n) is 19.6. The SMILES string of the molecule is COc1cccc([C@H]2C3=C(Nc4ncnn42)c2ccccc2O[C@@H]3c2ccc(OC)c(OC)c2)c1.